The summed E-state index contributed by atoms with van der Waals surface area (Å²) in [5.74, 6) is -1.45. The third-order valence-corrected chi connectivity index (χ3v) is 11.1. The Labute approximate surface area is 252 Å². The zero-order chi connectivity index (χ0) is 29.4. The van der Waals surface area contributed by atoms with Crippen LogP contribution in [0, 0.1) is 17.8 Å². The molecule has 6 rings (SSSR count). The van der Waals surface area contributed by atoms with E-state index in [0.29, 0.717) is 39.3 Å². The van der Waals surface area contributed by atoms with Crippen molar-refractivity contribution in [2.45, 2.75) is 42.3 Å². The zero-order valence-electron chi connectivity index (χ0n) is 24.5. The van der Waals surface area contributed by atoms with E-state index in [0.717, 1.165) is 25.3 Å². The summed E-state index contributed by atoms with van der Waals surface area (Å²) in [4.78, 5) is 51.2. The summed E-state index contributed by atoms with van der Waals surface area (Å²) in [6, 6.07) is 8.30. The first-order chi connectivity index (χ1) is 20.4. The number of hydrogen-bond donors (Lipinski definition) is 1. The number of thioether (sulfide) groups is 1. The van der Waals surface area contributed by atoms with Gasteiger partial charge in [0.05, 0.1) is 42.4 Å². The molecule has 3 saturated heterocycles. The summed E-state index contributed by atoms with van der Waals surface area (Å²) in [5.41, 5.74) is 0.799. The van der Waals surface area contributed by atoms with Gasteiger partial charge in [0.2, 0.25) is 17.7 Å². The summed E-state index contributed by atoms with van der Waals surface area (Å²) in [7, 11) is 0. The van der Waals surface area contributed by atoms with Crippen molar-refractivity contribution >= 4 is 35.2 Å². The van der Waals surface area contributed by atoms with Crippen molar-refractivity contribution in [1.82, 2.24) is 14.7 Å². The highest BCUT2D eigenvalue weighted by Gasteiger charge is 2.71. The maximum absolute atomic E-state index is 14.6. The molecule has 3 fully saturated rings. The number of amides is 3. The van der Waals surface area contributed by atoms with Crippen LogP contribution in [0.4, 0.5) is 5.69 Å². The van der Waals surface area contributed by atoms with Crippen molar-refractivity contribution in [3.63, 3.8) is 0 Å². The molecule has 5 aliphatic heterocycles. The second kappa shape index (κ2) is 12.1. The minimum atomic E-state index is -0.888. The Morgan fingerprint density at radius 2 is 1.76 bits per heavy atom. The number of ether oxygens (including phenoxy) is 1. The highest BCUT2D eigenvalue weighted by Crippen LogP contribution is 2.61. The number of carbonyl (C=O) groups excluding carboxylic acids is 3. The molecule has 42 heavy (non-hydrogen) atoms. The molecule has 5 aliphatic rings. The molecule has 1 aromatic carbocycles. The van der Waals surface area contributed by atoms with Crippen molar-refractivity contribution in [2.75, 3.05) is 64.0 Å². The standard InChI is InChI=1S/C32H42N4O5S/c1-22(2)20-24(21-37)36-28-31(40)34(15-14-33-16-18-41-19-17-33)12-7-11-32(28)27(30(36)39)26-25(42-32)10-6-13-35(29(26)38)23-8-4-3-5-9-23/h3-11,22,24-28,37H,12-21H2,1-2H3/t24-,25+,26-,27+,28?,32+/m1/s1. The molecule has 1 spiro atoms. The number of nitrogens with zero attached hydrogens (tertiary/aromatic N) is 4. The number of hydrogen-bond acceptors (Lipinski definition) is 7. The average molecular weight is 595 g/mol. The van der Waals surface area contributed by atoms with Crippen molar-refractivity contribution in [2.24, 2.45) is 17.8 Å². The predicted molar refractivity (Wildman–Crippen MR) is 163 cm³/mol. The minimum Gasteiger partial charge on any atom is -0.394 e. The molecule has 1 unspecified atom stereocenters. The van der Waals surface area contributed by atoms with Crippen molar-refractivity contribution < 1.29 is 24.2 Å². The maximum Gasteiger partial charge on any atom is 0.247 e. The van der Waals surface area contributed by atoms with Crippen molar-refractivity contribution in [1.29, 1.82) is 0 Å². The Hall–Kier alpha value is -2.66. The monoisotopic (exact) mass is 594 g/mol. The van der Waals surface area contributed by atoms with E-state index in [2.05, 4.69) is 30.9 Å². The molecule has 226 valence electrons. The van der Waals surface area contributed by atoms with Crippen LogP contribution >= 0.6 is 11.8 Å². The topological polar surface area (TPSA) is 93.6 Å². The normalized spacial score (nSPS) is 32.2. The number of morpholine rings is 1. The molecule has 3 amide bonds. The fourth-order valence-electron chi connectivity index (χ4n) is 7.46. The fourth-order valence-corrected chi connectivity index (χ4v) is 9.46. The second-order valence-electron chi connectivity index (χ2n) is 12.4. The molecule has 5 heterocycles. The number of aliphatic hydroxyl groups is 1. The molecule has 0 radical (unpaired) electrons. The lowest BCUT2D eigenvalue weighted by Crippen LogP contribution is -2.57. The molecule has 0 saturated carbocycles. The molecule has 6 atom stereocenters. The number of rotatable bonds is 8. The number of para-hydroxylation sites is 1. The zero-order valence-corrected chi connectivity index (χ0v) is 25.3. The number of carbonyl (C=O) groups is 3. The highest BCUT2D eigenvalue weighted by molar-refractivity contribution is 8.02. The largest absolute Gasteiger partial charge is 0.394 e. The second-order valence-corrected chi connectivity index (χ2v) is 13.9. The van der Waals surface area contributed by atoms with Crippen LogP contribution in [-0.2, 0) is 19.1 Å². The Balaban J connectivity index is 1.37. The van der Waals surface area contributed by atoms with Gasteiger partial charge in [0, 0.05) is 50.2 Å². The number of aliphatic hydroxyl groups excluding tert-OH is 1. The molecular formula is C32H42N4O5S. The summed E-state index contributed by atoms with van der Waals surface area (Å²) in [6.45, 7) is 9.14. The van der Waals surface area contributed by atoms with E-state index in [4.69, 9.17) is 4.74 Å². The van der Waals surface area contributed by atoms with Gasteiger partial charge in [0.1, 0.15) is 6.04 Å². The lowest BCUT2D eigenvalue weighted by Gasteiger charge is -2.39. The smallest absolute Gasteiger partial charge is 0.247 e. The fraction of sp³-hybridized carbons (Fsp3) is 0.594. The van der Waals surface area contributed by atoms with Crippen LogP contribution in [0.25, 0.3) is 0 Å². The lowest BCUT2D eigenvalue weighted by molar-refractivity contribution is -0.146. The van der Waals surface area contributed by atoms with E-state index in [1.807, 2.05) is 47.4 Å². The minimum absolute atomic E-state index is 0.0850. The summed E-state index contributed by atoms with van der Waals surface area (Å²) in [6.07, 6.45) is 8.75. The van der Waals surface area contributed by atoms with Crippen LogP contribution < -0.4 is 4.90 Å². The lowest BCUT2D eigenvalue weighted by atomic mass is 9.78. The van der Waals surface area contributed by atoms with Crippen molar-refractivity contribution in [3.05, 3.63) is 54.6 Å². The first kappa shape index (κ1) is 29.4. The third kappa shape index (κ3) is 5.10. The van der Waals surface area contributed by atoms with E-state index < -0.39 is 28.7 Å². The van der Waals surface area contributed by atoms with Gasteiger partial charge in [-0.3, -0.25) is 19.3 Å². The summed E-state index contributed by atoms with van der Waals surface area (Å²) < 4.78 is 4.60. The van der Waals surface area contributed by atoms with Gasteiger partial charge in [-0.15, -0.1) is 11.8 Å². The van der Waals surface area contributed by atoms with E-state index in [-0.39, 0.29) is 35.5 Å². The van der Waals surface area contributed by atoms with Crippen LogP contribution in [0.5, 0.6) is 0 Å². The number of benzene rings is 1. The Kier molecular flexibility index (Phi) is 8.51. The van der Waals surface area contributed by atoms with Gasteiger partial charge in [0.25, 0.3) is 0 Å². The first-order valence-corrected chi connectivity index (χ1v) is 16.1. The van der Waals surface area contributed by atoms with E-state index >= 15 is 0 Å². The molecule has 0 bridgehead atoms. The summed E-state index contributed by atoms with van der Waals surface area (Å²) in [5, 5.41) is 10.3. The molecule has 1 aromatic rings. The number of anilines is 1. The van der Waals surface area contributed by atoms with Gasteiger partial charge in [-0.25, -0.2) is 0 Å². The molecule has 0 aromatic heterocycles. The van der Waals surface area contributed by atoms with Crippen LogP contribution in [-0.4, -0.2) is 119 Å². The van der Waals surface area contributed by atoms with E-state index in [9.17, 15) is 19.5 Å². The van der Waals surface area contributed by atoms with Crippen LogP contribution in [0.2, 0.25) is 0 Å². The van der Waals surface area contributed by atoms with Gasteiger partial charge >= 0.3 is 0 Å². The van der Waals surface area contributed by atoms with Gasteiger partial charge in [0.15, 0.2) is 0 Å². The van der Waals surface area contributed by atoms with Gasteiger partial charge in [-0.2, -0.15) is 0 Å². The van der Waals surface area contributed by atoms with Gasteiger partial charge < -0.3 is 24.5 Å². The molecular weight excluding hydrogens is 552 g/mol. The van der Waals surface area contributed by atoms with Gasteiger partial charge in [-0.05, 0) is 24.5 Å². The van der Waals surface area contributed by atoms with Crippen LogP contribution in [0.1, 0.15) is 20.3 Å². The number of fused-ring (bicyclic) bond motifs is 2. The predicted octanol–water partition coefficient (Wildman–Crippen LogP) is 2.02. The SMILES string of the molecule is CC(C)C[C@H](CO)N1C(=O)[C@@H]2[C@@H]3C(=O)N(c4ccccc4)CC=C[C@@H]3S[C@@]23C=CCN(CCN2CCOCC2)C(=O)C13. The molecule has 1 N–H and O–H groups in total. The van der Waals surface area contributed by atoms with E-state index in [1.165, 1.54) is 0 Å². The average Bonchev–Trinajstić information content (AvgIpc) is 3.32. The van der Waals surface area contributed by atoms with Crippen molar-refractivity contribution in [3.8, 4) is 0 Å². The van der Waals surface area contributed by atoms with Crippen LogP contribution in [0.15, 0.2) is 54.6 Å². The molecule has 9 nitrogen and oxygen atoms in total. The molecule has 0 aliphatic carbocycles. The Morgan fingerprint density at radius 1 is 1.00 bits per heavy atom. The number of likely N-dealkylation sites (tertiary alicyclic amines) is 1. The van der Waals surface area contributed by atoms with E-state index in [1.54, 1.807) is 21.6 Å². The molecule has 10 heteroatoms. The Bertz CT molecular complexity index is 1230. The van der Waals surface area contributed by atoms with Crippen LogP contribution in [0.3, 0.4) is 0 Å². The quantitative estimate of drug-likeness (QED) is 0.461. The summed E-state index contributed by atoms with van der Waals surface area (Å²) >= 11 is 1.59. The first-order valence-electron chi connectivity index (χ1n) is 15.3. The third-order valence-electron chi connectivity index (χ3n) is 9.39. The van der Waals surface area contributed by atoms with Gasteiger partial charge in [-0.1, -0.05) is 56.4 Å². The Morgan fingerprint density at radius 3 is 2.48 bits per heavy atom. The highest BCUT2D eigenvalue weighted by atomic mass is 32.2. The maximum atomic E-state index is 14.6.